The Morgan fingerprint density at radius 2 is 0.526 bits per heavy atom. The van der Waals surface area contributed by atoms with Gasteiger partial charge in [0.25, 0.3) is 0 Å². The van der Waals surface area contributed by atoms with E-state index in [0.29, 0.717) is 12.8 Å². The van der Waals surface area contributed by atoms with Crippen molar-refractivity contribution in [1.29, 1.82) is 0 Å². The second-order valence-corrected chi connectivity index (χ2v) is 11.7. The number of hydroxylamine groups is 1. The number of nitrogens with one attached hydrogen (secondary N) is 1. The molecule has 0 unspecified atom stereocenters. The number of carbonyl (C=O) groups is 2. The Morgan fingerprint density at radius 1 is 0.342 bits per heavy atom. The van der Waals surface area contributed by atoms with Crippen molar-refractivity contribution < 1.29 is 19.9 Å². The fourth-order valence-electron chi connectivity index (χ4n) is 5.39. The van der Waals surface area contributed by atoms with Crippen LogP contribution in [0.2, 0.25) is 0 Å². The molecule has 0 fully saturated rings. The summed E-state index contributed by atoms with van der Waals surface area (Å²) in [4.78, 5) is 21.4. The Kier molecular flexibility index (Phi) is 31.2. The zero-order valence-electron chi connectivity index (χ0n) is 25.1. The minimum atomic E-state index is -0.657. The van der Waals surface area contributed by atoms with Crippen LogP contribution in [0.4, 0.5) is 0 Å². The van der Waals surface area contributed by atoms with Crippen LogP contribution >= 0.6 is 0 Å². The lowest BCUT2D eigenvalue weighted by Crippen LogP contribution is -2.17. The van der Waals surface area contributed by atoms with Gasteiger partial charge in [-0.1, -0.05) is 173 Å². The van der Waals surface area contributed by atoms with Crippen molar-refractivity contribution in [3.05, 3.63) is 0 Å². The minimum absolute atomic E-state index is 0.262. The summed E-state index contributed by atoms with van der Waals surface area (Å²) in [7, 11) is 0. The van der Waals surface area contributed by atoms with Crippen LogP contribution in [0.5, 0.6) is 0 Å². The molecule has 0 saturated carbocycles. The molecule has 0 saturated heterocycles. The zero-order chi connectivity index (χ0) is 27.8. The highest BCUT2D eigenvalue weighted by Crippen LogP contribution is 2.16. The largest absolute Gasteiger partial charge is 0.481 e. The van der Waals surface area contributed by atoms with Crippen molar-refractivity contribution in [2.75, 3.05) is 0 Å². The lowest BCUT2D eigenvalue weighted by molar-refractivity contribution is -0.137. The molecule has 5 heteroatoms. The number of carbonyl (C=O) groups excluding carboxylic acids is 1. The van der Waals surface area contributed by atoms with Crippen molar-refractivity contribution in [2.24, 2.45) is 0 Å². The molecule has 0 rings (SSSR count). The van der Waals surface area contributed by atoms with Gasteiger partial charge in [0.2, 0.25) is 5.91 Å². The van der Waals surface area contributed by atoms with Gasteiger partial charge in [-0.25, -0.2) is 5.48 Å². The monoisotopic (exact) mass is 539 g/mol. The quantitative estimate of drug-likeness (QED) is 0.0450. The Hall–Kier alpha value is -1.10. The second kappa shape index (κ2) is 32.1. The third-order valence-corrected chi connectivity index (χ3v) is 7.92. The number of hydrogen-bond acceptors (Lipinski definition) is 3. The van der Waals surface area contributed by atoms with Gasteiger partial charge in [0.1, 0.15) is 0 Å². The molecule has 38 heavy (non-hydrogen) atoms. The summed E-state index contributed by atoms with van der Waals surface area (Å²) in [5.74, 6) is -0.919. The van der Waals surface area contributed by atoms with Crippen LogP contribution in [0.1, 0.15) is 199 Å². The van der Waals surface area contributed by atoms with Gasteiger partial charge in [-0.15, -0.1) is 0 Å². The van der Waals surface area contributed by atoms with E-state index in [0.717, 1.165) is 25.7 Å². The van der Waals surface area contributed by atoms with Crippen LogP contribution in [0, 0.1) is 0 Å². The molecule has 0 spiro atoms. The maximum atomic E-state index is 10.9. The molecule has 0 aliphatic carbocycles. The van der Waals surface area contributed by atoms with Gasteiger partial charge in [-0.2, -0.15) is 0 Å². The number of rotatable bonds is 32. The van der Waals surface area contributed by atoms with Gasteiger partial charge in [-0.05, 0) is 12.8 Å². The molecule has 0 aliphatic heterocycles. The van der Waals surface area contributed by atoms with Gasteiger partial charge in [0, 0.05) is 12.8 Å². The molecule has 0 atom stereocenters. The number of carboxylic acids is 1. The molecule has 3 N–H and O–H groups in total. The SMILES string of the molecule is O=C(O)CCCCCCCCCCCCCCCCCCCCCCCCCCCCCCCC(=O)NO. The molecule has 0 aromatic carbocycles. The summed E-state index contributed by atoms with van der Waals surface area (Å²) in [6.07, 6.45) is 39.1. The highest BCUT2D eigenvalue weighted by molar-refractivity contribution is 5.74. The summed E-state index contributed by atoms with van der Waals surface area (Å²) in [6, 6.07) is 0. The molecular weight excluding hydrogens is 474 g/mol. The number of hydrogen-bond donors (Lipinski definition) is 3. The van der Waals surface area contributed by atoms with Gasteiger partial charge >= 0.3 is 5.97 Å². The van der Waals surface area contributed by atoms with E-state index in [-0.39, 0.29) is 5.91 Å². The van der Waals surface area contributed by atoms with E-state index in [1.54, 1.807) is 5.48 Å². The van der Waals surface area contributed by atoms with E-state index in [1.165, 1.54) is 161 Å². The third-order valence-electron chi connectivity index (χ3n) is 7.92. The van der Waals surface area contributed by atoms with Crippen LogP contribution in [0.3, 0.4) is 0 Å². The molecular formula is C33H65NO4. The number of unbranched alkanes of at least 4 members (excludes halogenated alkanes) is 28. The predicted molar refractivity (Wildman–Crippen MR) is 161 cm³/mol. The molecule has 226 valence electrons. The smallest absolute Gasteiger partial charge is 0.303 e. The first-order valence-corrected chi connectivity index (χ1v) is 16.8. The molecule has 0 aliphatic rings. The summed E-state index contributed by atoms with van der Waals surface area (Å²) < 4.78 is 0. The van der Waals surface area contributed by atoms with E-state index < -0.39 is 5.97 Å². The van der Waals surface area contributed by atoms with E-state index >= 15 is 0 Å². The van der Waals surface area contributed by atoms with Crippen LogP contribution < -0.4 is 5.48 Å². The van der Waals surface area contributed by atoms with Gasteiger partial charge in [-0.3, -0.25) is 14.8 Å². The average molecular weight is 540 g/mol. The lowest BCUT2D eigenvalue weighted by atomic mass is 10.0. The molecule has 0 aromatic rings. The van der Waals surface area contributed by atoms with Gasteiger partial charge < -0.3 is 5.11 Å². The molecule has 0 radical (unpaired) electrons. The van der Waals surface area contributed by atoms with Crippen molar-refractivity contribution in [2.45, 2.75) is 199 Å². The maximum absolute atomic E-state index is 10.9. The highest BCUT2D eigenvalue weighted by atomic mass is 16.5. The maximum Gasteiger partial charge on any atom is 0.303 e. The van der Waals surface area contributed by atoms with Crippen molar-refractivity contribution in [3.8, 4) is 0 Å². The predicted octanol–water partition coefficient (Wildman–Crippen LogP) is 10.7. The summed E-state index contributed by atoms with van der Waals surface area (Å²) >= 11 is 0. The average Bonchev–Trinajstić information content (AvgIpc) is 2.91. The Labute approximate surface area is 236 Å². The third kappa shape index (κ3) is 32.9. The zero-order valence-corrected chi connectivity index (χ0v) is 25.1. The Balaban J connectivity index is 3.05. The first-order chi connectivity index (χ1) is 18.7. The van der Waals surface area contributed by atoms with E-state index in [9.17, 15) is 9.59 Å². The van der Waals surface area contributed by atoms with Crippen LogP contribution in [-0.4, -0.2) is 22.2 Å². The Bertz CT molecular complexity index is 497. The van der Waals surface area contributed by atoms with E-state index in [4.69, 9.17) is 10.3 Å². The first-order valence-electron chi connectivity index (χ1n) is 16.8. The summed E-state index contributed by atoms with van der Waals surface area (Å²) in [5, 5.41) is 17.1. The molecule has 0 aromatic heterocycles. The number of carboxylic acid groups (broad SMARTS) is 1. The second-order valence-electron chi connectivity index (χ2n) is 11.7. The van der Waals surface area contributed by atoms with Crippen molar-refractivity contribution in [1.82, 2.24) is 5.48 Å². The van der Waals surface area contributed by atoms with Crippen molar-refractivity contribution >= 4 is 11.9 Å². The minimum Gasteiger partial charge on any atom is -0.481 e. The topological polar surface area (TPSA) is 86.6 Å². The van der Waals surface area contributed by atoms with Crippen LogP contribution in [0.15, 0.2) is 0 Å². The molecule has 5 nitrogen and oxygen atoms in total. The van der Waals surface area contributed by atoms with E-state index in [2.05, 4.69) is 0 Å². The van der Waals surface area contributed by atoms with Crippen LogP contribution in [0.25, 0.3) is 0 Å². The number of amides is 1. The fraction of sp³-hybridized carbons (Fsp3) is 0.939. The van der Waals surface area contributed by atoms with Crippen LogP contribution in [-0.2, 0) is 9.59 Å². The normalized spacial score (nSPS) is 11.2. The number of aliphatic carboxylic acids is 1. The fourth-order valence-corrected chi connectivity index (χ4v) is 5.39. The van der Waals surface area contributed by atoms with Crippen molar-refractivity contribution in [3.63, 3.8) is 0 Å². The molecule has 0 bridgehead atoms. The molecule has 0 heterocycles. The first kappa shape index (κ1) is 36.9. The standard InChI is InChI=1S/C33H65NO4/c35-32(34-38)30-28-26-24-22-20-18-16-14-12-10-8-6-4-2-1-3-5-7-9-11-13-15-17-19-21-23-25-27-29-31-33(36)37/h38H,1-31H2,(H,34,35)(H,36,37). The Morgan fingerprint density at radius 3 is 0.711 bits per heavy atom. The van der Waals surface area contributed by atoms with Gasteiger partial charge in [0.05, 0.1) is 0 Å². The highest BCUT2D eigenvalue weighted by Gasteiger charge is 1.99. The van der Waals surface area contributed by atoms with E-state index in [1.807, 2.05) is 0 Å². The van der Waals surface area contributed by atoms with Gasteiger partial charge in [0.15, 0.2) is 0 Å². The lowest BCUT2D eigenvalue weighted by Gasteiger charge is -2.04. The molecule has 1 amide bonds. The summed E-state index contributed by atoms with van der Waals surface area (Å²) in [5.41, 5.74) is 1.69. The summed E-state index contributed by atoms with van der Waals surface area (Å²) in [6.45, 7) is 0.